The summed E-state index contributed by atoms with van der Waals surface area (Å²) in [6, 6.07) is 19.0. The van der Waals surface area contributed by atoms with Crippen molar-refractivity contribution in [2.24, 2.45) is 0 Å². The number of hydrogen-bond acceptors (Lipinski definition) is 5. The van der Waals surface area contributed by atoms with Crippen molar-refractivity contribution in [3.8, 4) is 5.75 Å². The lowest BCUT2D eigenvalue weighted by atomic mass is 10.1. The highest BCUT2D eigenvalue weighted by Gasteiger charge is 2.34. The second-order valence-corrected chi connectivity index (χ2v) is 13.1. The Morgan fingerprint density at radius 1 is 0.951 bits per heavy atom. The van der Waals surface area contributed by atoms with Gasteiger partial charge in [0.25, 0.3) is 10.0 Å². The molecule has 0 spiro atoms. The van der Waals surface area contributed by atoms with E-state index in [2.05, 4.69) is 5.32 Å². The van der Waals surface area contributed by atoms with Crippen LogP contribution < -0.4 is 14.4 Å². The summed E-state index contributed by atoms with van der Waals surface area (Å²) in [7, 11) is -2.64. The van der Waals surface area contributed by atoms with Gasteiger partial charge in [0.05, 0.1) is 17.7 Å². The third kappa shape index (κ3) is 8.47. The number of nitrogens with one attached hydrogen (secondary N) is 1. The van der Waals surface area contributed by atoms with Gasteiger partial charge in [-0.05, 0) is 88.2 Å². The molecule has 0 fully saturated rings. The number of aryl methyl sites for hydroxylation is 1. The summed E-state index contributed by atoms with van der Waals surface area (Å²) in [6.07, 6.45) is 0.328. The predicted octanol–water partition coefficient (Wildman–Crippen LogP) is 5.57. The minimum atomic E-state index is -4.15. The Kier molecular flexibility index (Phi) is 10.4. The number of carbonyl (C=O) groups is 2. The second-order valence-electron chi connectivity index (χ2n) is 10.8. The van der Waals surface area contributed by atoms with E-state index in [4.69, 9.17) is 16.3 Å². The van der Waals surface area contributed by atoms with Crippen LogP contribution in [0.5, 0.6) is 5.75 Å². The molecule has 0 aliphatic heterocycles. The maximum absolute atomic E-state index is 14.1. The Bertz CT molecular complexity index is 1440. The Balaban J connectivity index is 2.07. The number of nitrogens with zero attached hydrogens (tertiary/aromatic N) is 2. The van der Waals surface area contributed by atoms with Gasteiger partial charge >= 0.3 is 0 Å². The highest BCUT2D eigenvalue weighted by atomic mass is 35.5. The molecular weight excluding hydrogens is 562 g/mol. The molecule has 1 atom stereocenters. The van der Waals surface area contributed by atoms with E-state index in [-0.39, 0.29) is 17.3 Å². The smallest absolute Gasteiger partial charge is 0.264 e. The van der Waals surface area contributed by atoms with E-state index >= 15 is 0 Å². The molecular formula is C31H38ClN3O5S. The number of amides is 2. The van der Waals surface area contributed by atoms with Crippen LogP contribution in [0.4, 0.5) is 5.69 Å². The maximum Gasteiger partial charge on any atom is 0.264 e. The zero-order chi connectivity index (χ0) is 30.4. The molecule has 1 N–H and O–H groups in total. The van der Waals surface area contributed by atoms with Gasteiger partial charge in [-0.25, -0.2) is 8.42 Å². The number of hydrogen-bond donors (Lipinski definition) is 1. The van der Waals surface area contributed by atoms with E-state index in [1.807, 2.05) is 34.6 Å². The third-order valence-electron chi connectivity index (χ3n) is 6.40. The quantitative estimate of drug-likeness (QED) is 0.311. The van der Waals surface area contributed by atoms with Crippen LogP contribution in [0.3, 0.4) is 0 Å². The number of methoxy groups -OCH3 is 1. The number of carbonyl (C=O) groups excluding carboxylic acids is 2. The van der Waals surface area contributed by atoms with Gasteiger partial charge < -0.3 is 15.0 Å². The second kappa shape index (κ2) is 13.4. The van der Waals surface area contributed by atoms with Gasteiger partial charge in [0.15, 0.2) is 0 Å². The number of rotatable bonds is 11. The van der Waals surface area contributed by atoms with Crippen molar-refractivity contribution in [2.75, 3.05) is 18.0 Å². The average molecular weight is 600 g/mol. The largest absolute Gasteiger partial charge is 0.497 e. The fourth-order valence-corrected chi connectivity index (χ4v) is 5.81. The van der Waals surface area contributed by atoms with Crippen LogP contribution in [0, 0.1) is 6.92 Å². The number of benzene rings is 3. The molecule has 2 amide bonds. The summed E-state index contributed by atoms with van der Waals surface area (Å²) in [5, 5.41) is 3.50. The Hall–Kier alpha value is -3.56. The highest BCUT2D eigenvalue weighted by molar-refractivity contribution is 7.92. The van der Waals surface area contributed by atoms with Gasteiger partial charge in [-0.15, -0.1) is 0 Å². The molecule has 8 nitrogen and oxygen atoms in total. The van der Waals surface area contributed by atoms with E-state index in [1.54, 1.807) is 60.7 Å². The zero-order valence-corrected chi connectivity index (χ0v) is 25.9. The Morgan fingerprint density at radius 2 is 1.54 bits per heavy atom. The Morgan fingerprint density at radius 3 is 2.05 bits per heavy atom. The Labute approximate surface area is 248 Å². The molecule has 3 aromatic rings. The lowest BCUT2D eigenvalue weighted by Crippen LogP contribution is -2.55. The van der Waals surface area contributed by atoms with Crippen LogP contribution in [0.1, 0.15) is 45.2 Å². The fraction of sp³-hybridized carbons (Fsp3) is 0.355. The molecule has 0 radical (unpaired) electrons. The topological polar surface area (TPSA) is 96.0 Å². The van der Waals surface area contributed by atoms with Crippen molar-refractivity contribution in [1.29, 1.82) is 0 Å². The van der Waals surface area contributed by atoms with E-state index in [0.717, 1.165) is 15.4 Å². The maximum atomic E-state index is 14.1. The summed E-state index contributed by atoms with van der Waals surface area (Å²) in [4.78, 5) is 29.0. The lowest BCUT2D eigenvalue weighted by Gasteiger charge is -2.34. The summed E-state index contributed by atoms with van der Waals surface area (Å²) < 4.78 is 34.2. The predicted molar refractivity (Wildman–Crippen MR) is 163 cm³/mol. The molecule has 3 aromatic carbocycles. The summed E-state index contributed by atoms with van der Waals surface area (Å²) in [5.74, 6) is -0.302. The SMILES string of the molecule is CCC(C(=O)NC(C)(C)C)N(Cc1ccc(Cl)cc1)C(=O)CN(c1ccc(OC)cc1)S(=O)(=O)c1ccc(C)cc1. The molecule has 0 heterocycles. The minimum absolute atomic E-state index is 0.0495. The van der Waals surface area contributed by atoms with Crippen molar-refractivity contribution in [1.82, 2.24) is 10.2 Å². The number of ether oxygens (including phenoxy) is 1. The standard InChI is InChI=1S/C31H38ClN3O5S/c1-7-28(30(37)33-31(3,4)5)34(20-23-10-12-24(32)13-11-23)29(36)21-35(25-14-16-26(40-6)17-15-25)41(38,39)27-18-8-22(2)9-19-27/h8-19,28H,7,20-21H2,1-6H3,(H,33,37). The molecule has 0 saturated heterocycles. The van der Waals surface area contributed by atoms with Crippen molar-refractivity contribution >= 4 is 39.1 Å². The molecule has 10 heteroatoms. The first-order valence-electron chi connectivity index (χ1n) is 13.3. The molecule has 220 valence electrons. The van der Waals surface area contributed by atoms with Crippen LogP contribution in [0.15, 0.2) is 77.7 Å². The van der Waals surface area contributed by atoms with E-state index in [9.17, 15) is 18.0 Å². The highest BCUT2D eigenvalue weighted by Crippen LogP contribution is 2.27. The van der Waals surface area contributed by atoms with Crippen LogP contribution in [-0.2, 0) is 26.2 Å². The van der Waals surface area contributed by atoms with Crippen LogP contribution in [0.25, 0.3) is 0 Å². The first-order chi connectivity index (χ1) is 19.2. The van der Waals surface area contributed by atoms with Gasteiger partial charge in [0.1, 0.15) is 18.3 Å². The van der Waals surface area contributed by atoms with Gasteiger partial charge in [-0.1, -0.05) is 48.4 Å². The molecule has 0 saturated carbocycles. The van der Waals surface area contributed by atoms with Crippen molar-refractivity contribution in [3.05, 3.63) is 88.9 Å². The van der Waals surface area contributed by atoms with Gasteiger partial charge in [-0.2, -0.15) is 0 Å². The van der Waals surface area contributed by atoms with Crippen LogP contribution in [-0.4, -0.2) is 50.4 Å². The van der Waals surface area contributed by atoms with Crippen molar-refractivity contribution < 1.29 is 22.7 Å². The van der Waals surface area contributed by atoms with Gasteiger partial charge in [0, 0.05) is 17.1 Å². The van der Waals surface area contributed by atoms with Gasteiger partial charge in [-0.3, -0.25) is 13.9 Å². The van der Waals surface area contributed by atoms with Crippen molar-refractivity contribution in [2.45, 2.75) is 64.1 Å². The van der Waals surface area contributed by atoms with Crippen LogP contribution in [0.2, 0.25) is 5.02 Å². The third-order valence-corrected chi connectivity index (χ3v) is 8.44. The van der Waals surface area contributed by atoms with E-state index in [1.165, 1.54) is 24.1 Å². The molecule has 41 heavy (non-hydrogen) atoms. The van der Waals surface area contributed by atoms with Crippen LogP contribution >= 0.6 is 11.6 Å². The number of sulfonamides is 1. The summed E-state index contributed by atoms with van der Waals surface area (Å²) in [6.45, 7) is 8.85. The minimum Gasteiger partial charge on any atom is -0.497 e. The first kappa shape index (κ1) is 32.0. The zero-order valence-electron chi connectivity index (χ0n) is 24.3. The first-order valence-corrected chi connectivity index (χ1v) is 15.2. The molecule has 1 unspecified atom stereocenters. The number of halogens is 1. The molecule has 3 rings (SSSR count). The van der Waals surface area contributed by atoms with E-state index in [0.29, 0.717) is 22.9 Å². The molecule has 0 aliphatic carbocycles. The molecule has 0 aliphatic rings. The van der Waals surface area contributed by atoms with Crippen molar-refractivity contribution in [3.63, 3.8) is 0 Å². The molecule has 0 aromatic heterocycles. The monoisotopic (exact) mass is 599 g/mol. The fourth-order valence-electron chi connectivity index (χ4n) is 4.27. The van der Waals surface area contributed by atoms with Gasteiger partial charge in [0.2, 0.25) is 11.8 Å². The lowest BCUT2D eigenvalue weighted by molar-refractivity contribution is -0.141. The summed E-state index contributed by atoms with van der Waals surface area (Å²) >= 11 is 6.07. The number of anilines is 1. The summed E-state index contributed by atoms with van der Waals surface area (Å²) in [5.41, 5.74) is 1.42. The molecule has 0 bridgehead atoms. The normalized spacial score (nSPS) is 12.4. The average Bonchev–Trinajstić information content (AvgIpc) is 2.92. The van der Waals surface area contributed by atoms with E-state index < -0.39 is 34.1 Å².